The summed E-state index contributed by atoms with van der Waals surface area (Å²) in [4.78, 5) is 12.3. The number of amides is 1. The first-order chi connectivity index (χ1) is 12.5. The van der Waals surface area contributed by atoms with Crippen molar-refractivity contribution in [3.05, 3.63) is 96.1 Å². The van der Waals surface area contributed by atoms with Crippen LogP contribution in [-0.4, -0.2) is 17.6 Å². The van der Waals surface area contributed by atoms with Crippen molar-refractivity contribution in [3.8, 4) is 11.5 Å². The summed E-state index contributed by atoms with van der Waals surface area (Å²) in [6, 6.07) is 25.6. The fourth-order valence-corrected chi connectivity index (χ4v) is 2.55. The molecule has 0 radical (unpaired) electrons. The van der Waals surface area contributed by atoms with Gasteiger partial charge in [0.2, 0.25) is 0 Å². The summed E-state index contributed by atoms with van der Waals surface area (Å²) < 4.78 is 5.71. The van der Waals surface area contributed by atoms with Crippen LogP contribution in [0.15, 0.2) is 84.9 Å². The van der Waals surface area contributed by atoms with E-state index >= 15 is 0 Å². The zero-order valence-electron chi connectivity index (χ0n) is 14.6. The highest BCUT2D eigenvalue weighted by Crippen LogP contribution is 2.22. The molecule has 132 valence electrons. The molecule has 0 saturated heterocycles. The van der Waals surface area contributed by atoms with Gasteiger partial charge < -0.3 is 15.2 Å². The molecule has 26 heavy (non-hydrogen) atoms. The Morgan fingerprint density at radius 1 is 0.885 bits per heavy atom. The Balaban J connectivity index is 1.60. The van der Waals surface area contributed by atoms with Gasteiger partial charge in [0, 0.05) is 5.56 Å². The van der Waals surface area contributed by atoms with Crippen molar-refractivity contribution in [2.75, 3.05) is 6.54 Å². The van der Waals surface area contributed by atoms with Crippen LogP contribution in [-0.2, 0) is 5.60 Å². The molecule has 1 atom stereocenters. The van der Waals surface area contributed by atoms with Crippen LogP contribution in [0.25, 0.3) is 0 Å². The van der Waals surface area contributed by atoms with Crippen LogP contribution in [0.1, 0.15) is 22.8 Å². The van der Waals surface area contributed by atoms with Crippen LogP contribution >= 0.6 is 0 Å². The second-order valence-electron chi connectivity index (χ2n) is 6.26. The number of ether oxygens (including phenoxy) is 1. The zero-order chi connectivity index (χ0) is 18.4. The second kappa shape index (κ2) is 7.85. The summed E-state index contributed by atoms with van der Waals surface area (Å²) in [5.41, 5.74) is 0.133. The molecule has 0 spiro atoms. The van der Waals surface area contributed by atoms with E-state index in [1.165, 1.54) is 0 Å². The van der Waals surface area contributed by atoms with Crippen LogP contribution in [0.3, 0.4) is 0 Å². The molecule has 0 saturated carbocycles. The van der Waals surface area contributed by atoms with E-state index < -0.39 is 5.60 Å². The Morgan fingerprint density at radius 2 is 1.42 bits per heavy atom. The number of nitrogens with one attached hydrogen (secondary N) is 1. The van der Waals surface area contributed by atoms with E-state index in [2.05, 4.69) is 5.32 Å². The van der Waals surface area contributed by atoms with Crippen LogP contribution in [0.4, 0.5) is 0 Å². The quantitative estimate of drug-likeness (QED) is 0.705. The lowest BCUT2D eigenvalue weighted by Gasteiger charge is -2.24. The Hall–Kier alpha value is -3.11. The highest BCUT2D eigenvalue weighted by Gasteiger charge is 2.23. The summed E-state index contributed by atoms with van der Waals surface area (Å²) in [7, 11) is 0. The SMILES string of the molecule is CC(O)(CNC(=O)c1ccc(Oc2ccccc2)cc1)c1ccccc1. The van der Waals surface area contributed by atoms with Gasteiger partial charge in [-0.05, 0) is 48.9 Å². The topological polar surface area (TPSA) is 58.6 Å². The average molecular weight is 347 g/mol. The standard InChI is InChI=1S/C22H21NO3/c1-22(25,18-8-4-2-5-9-18)16-23-21(24)17-12-14-20(15-13-17)26-19-10-6-3-7-11-19/h2-15,25H,16H2,1H3,(H,23,24). The Kier molecular flexibility index (Phi) is 5.34. The van der Waals surface area contributed by atoms with Crippen molar-refractivity contribution in [1.82, 2.24) is 5.32 Å². The summed E-state index contributed by atoms with van der Waals surface area (Å²) in [5.74, 6) is 1.15. The van der Waals surface area contributed by atoms with E-state index in [4.69, 9.17) is 4.74 Å². The number of aliphatic hydroxyl groups is 1. The number of carbonyl (C=O) groups excluding carboxylic acids is 1. The third-order valence-corrected chi connectivity index (χ3v) is 4.08. The summed E-state index contributed by atoms with van der Waals surface area (Å²) in [6.45, 7) is 1.80. The lowest BCUT2D eigenvalue weighted by molar-refractivity contribution is 0.0526. The molecule has 2 N–H and O–H groups in total. The van der Waals surface area contributed by atoms with E-state index in [1.807, 2.05) is 60.7 Å². The molecule has 1 amide bonds. The first-order valence-corrected chi connectivity index (χ1v) is 8.44. The highest BCUT2D eigenvalue weighted by molar-refractivity contribution is 5.94. The number of benzene rings is 3. The molecule has 0 aromatic heterocycles. The Labute approximate surface area is 153 Å². The Morgan fingerprint density at radius 3 is 2.04 bits per heavy atom. The van der Waals surface area contributed by atoms with Crippen molar-refractivity contribution < 1.29 is 14.6 Å². The molecule has 4 heteroatoms. The molecule has 0 aliphatic rings. The number of carbonyl (C=O) groups is 1. The summed E-state index contributed by atoms with van der Waals surface area (Å²) in [5, 5.41) is 13.3. The van der Waals surface area contributed by atoms with Crippen LogP contribution < -0.4 is 10.1 Å². The highest BCUT2D eigenvalue weighted by atomic mass is 16.5. The molecule has 3 aromatic rings. The fourth-order valence-electron chi connectivity index (χ4n) is 2.55. The largest absolute Gasteiger partial charge is 0.457 e. The molecule has 0 fully saturated rings. The molecule has 0 aliphatic heterocycles. The van der Waals surface area contributed by atoms with E-state index in [0.29, 0.717) is 11.3 Å². The third-order valence-electron chi connectivity index (χ3n) is 4.08. The lowest BCUT2D eigenvalue weighted by atomic mass is 9.96. The number of para-hydroxylation sites is 1. The van der Waals surface area contributed by atoms with Crippen LogP contribution in [0.2, 0.25) is 0 Å². The van der Waals surface area contributed by atoms with E-state index in [1.54, 1.807) is 31.2 Å². The van der Waals surface area contributed by atoms with Gasteiger partial charge in [0.1, 0.15) is 17.1 Å². The van der Waals surface area contributed by atoms with Crippen molar-refractivity contribution in [1.29, 1.82) is 0 Å². The van der Waals surface area contributed by atoms with Crippen molar-refractivity contribution in [2.45, 2.75) is 12.5 Å². The van der Waals surface area contributed by atoms with Crippen LogP contribution in [0, 0.1) is 0 Å². The zero-order valence-corrected chi connectivity index (χ0v) is 14.6. The number of hydrogen-bond donors (Lipinski definition) is 2. The molecular weight excluding hydrogens is 326 g/mol. The first-order valence-electron chi connectivity index (χ1n) is 8.44. The van der Waals surface area contributed by atoms with Gasteiger partial charge in [-0.1, -0.05) is 48.5 Å². The molecule has 0 bridgehead atoms. The van der Waals surface area contributed by atoms with E-state index in [9.17, 15) is 9.90 Å². The summed E-state index contributed by atoms with van der Waals surface area (Å²) in [6.07, 6.45) is 0. The van der Waals surface area contributed by atoms with Gasteiger partial charge >= 0.3 is 0 Å². The minimum absolute atomic E-state index is 0.123. The third kappa shape index (κ3) is 4.49. The van der Waals surface area contributed by atoms with Gasteiger partial charge in [0.15, 0.2) is 0 Å². The normalized spacial score (nSPS) is 12.8. The monoisotopic (exact) mass is 347 g/mol. The van der Waals surface area contributed by atoms with Crippen molar-refractivity contribution in [2.24, 2.45) is 0 Å². The fraction of sp³-hybridized carbons (Fsp3) is 0.136. The molecule has 0 aliphatic carbocycles. The molecule has 4 nitrogen and oxygen atoms in total. The van der Waals surface area contributed by atoms with E-state index in [-0.39, 0.29) is 12.5 Å². The van der Waals surface area contributed by atoms with Gasteiger partial charge in [-0.15, -0.1) is 0 Å². The Bertz CT molecular complexity index is 844. The average Bonchev–Trinajstić information content (AvgIpc) is 2.68. The predicted molar refractivity (Wildman–Crippen MR) is 101 cm³/mol. The van der Waals surface area contributed by atoms with Gasteiger partial charge in [-0.25, -0.2) is 0 Å². The maximum Gasteiger partial charge on any atom is 0.251 e. The van der Waals surface area contributed by atoms with Gasteiger partial charge in [0.25, 0.3) is 5.91 Å². The molecule has 0 heterocycles. The summed E-state index contributed by atoms with van der Waals surface area (Å²) >= 11 is 0. The van der Waals surface area contributed by atoms with Gasteiger partial charge in [0.05, 0.1) is 6.54 Å². The first kappa shape index (κ1) is 17.7. The van der Waals surface area contributed by atoms with Crippen molar-refractivity contribution in [3.63, 3.8) is 0 Å². The lowest BCUT2D eigenvalue weighted by Crippen LogP contribution is -2.38. The molecule has 3 aromatic carbocycles. The van der Waals surface area contributed by atoms with Gasteiger partial charge in [-0.3, -0.25) is 4.79 Å². The second-order valence-corrected chi connectivity index (χ2v) is 6.26. The number of rotatable bonds is 6. The van der Waals surface area contributed by atoms with E-state index in [0.717, 1.165) is 11.3 Å². The molecule has 1 unspecified atom stereocenters. The minimum Gasteiger partial charge on any atom is -0.457 e. The predicted octanol–water partition coefficient (Wildman–Crippen LogP) is 4.12. The smallest absolute Gasteiger partial charge is 0.251 e. The number of hydrogen-bond acceptors (Lipinski definition) is 3. The molecular formula is C22H21NO3. The van der Waals surface area contributed by atoms with Gasteiger partial charge in [-0.2, -0.15) is 0 Å². The molecule has 3 rings (SSSR count). The van der Waals surface area contributed by atoms with Crippen molar-refractivity contribution >= 4 is 5.91 Å². The maximum absolute atomic E-state index is 12.3. The minimum atomic E-state index is -1.13. The van der Waals surface area contributed by atoms with Crippen LogP contribution in [0.5, 0.6) is 11.5 Å². The maximum atomic E-state index is 12.3.